The number of amides is 2. The molecule has 9 nitrogen and oxygen atoms in total. The van der Waals surface area contributed by atoms with Crippen molar-refractivity contribution in [2.45, 2.75) is 52.5 Å². The standard InChI is InChI=1S/C23H29N7O2S/c1-13-5-7-16(8-6-13)21(27-22(31)18-12-25-29-30(18)4)23(32)26-19-10-9-17(11-24-19)20-14(2)28-33-15(20)3/h9-13,16,21H,5-8H2,1-4H3,(H,27,31)(H,24,26,32)/t13?,16?,21-/m0/s1. The van der Waals surface area contributed by atoms with Gasteiger partial charge in [0.15, 0.2) is 0 Å². The van der Waals surface area contributed by atoms with Crippen molar-refractivity contribution >= 4 is 29.2 Å². The molecule has 10 heteroatoms. The van der Waals surface area contributed by atoms with E-state index in [0.29, 0.717) is 17.4 Å². The van der Waals surface area contributed by atoms with E-state index in [-0.39, 0.29) is 17.7 Å². The van der Waals surface area contributed by atoms with E-state index in [1.807, 2.05) is 19.9 Å². The second kappa shape index (κ2) is 9.78. The second-order valence-electron chi connectivity index (χ2n) is 8.83. The number of aromatic nitrogens is 5. The van der Waals surface area contributed by atoms with Crippen LogP contribution in [-0.2, 0) is 11.8 Å². The highest BCUT2D eigenvalue weighted by Gasteiger charge is 2.33. The van der Waals surface area contributed by atoms with E-state index < -0.39 is 6.04 Å². The summed E-state index contributed by atoms with van der Waals surface area (Å²) in [5, 5.41) is 13.4. The van der Waals surface area contributed by atoms with Gasteiger partial charge in [-0.15, -0.1) is 5.10 Å². The van der Waals surface area contributed by atoms with E-state index in [1.165, 1.54) is 22.4 Å². The van der Waals surface area contributed by atoms with Gasteiger partial charge < -0.3 is 10.6 Å². The molecular formula is C23H29N7O2S. The predicted molar refractivity (Wildman–Crippen MR) is 127 cm³/mol. The van der Waals surface area contributed by atoms with Crippen molar-refractivity contribution in [2.24, 2.45) is 18.9 Å². The van der Waals surface area contributed by atoms with Gasteiger partial charge in [0.2, 0.25) is 5.91 Å². The molecule has 4 rings (SSSR count). The van der Waals surface area contributed by atoms with E-state index >= 15 is 0 Å². The maximum atomic E-state index is 13.3. The SMILES string of the molecule is Cc1nsc(C)c1-c1ccc(NC(=O)[C@@H](NC(=O)c2cnnn2C)C2CCC(C)CC2)nc1. The summed E-state index contributed by atoms with van der Waals surface area (Å²) in [6.45, 7) is 6.24. The first-order chi connectivity index (χ1) is 15.8. The van der Waals surface area contributed by atoms with Gasteiger partial charge >= 0.3 is 0 Å². The molecule has 3 aromatic rings. The minimum Gasteiger partial charge on any atom is -0.339 e. The van der Waals surface area contributed by atoms with Crippen LogP contribution >= 0.6 is 11.5 Å². The monoisotopic (exact) mass is 467 g/mol. The topological polar surface area (TPSA) is 115 Å². The zero-order chi connectivity index (χ0) is 23.5. The number of nitrogens with one attached hydrogen (secondary N) is 2. The summed E-state index contributed by atoms with van der Waals surface area (Å²) in [6, 6.07) is 3.06. The molecule has 174 valence electrons. The van der Waals surface area contributed by atoms with E-state index in [9.17, 15) is 9.59 Å². The molecule has 1 saturated carbocycles. The van der Waals surface area contributed by atoms with Crippen LogP contribution in [0, 0.1) is 25.7 Å². The summed E-state index contributed by atoms with van der Waals surface area (Å²) < 4.78 is 5.79. The number of carbonyl (C=O) groups excluding carboxylic acids is 2. The molecule has 0 saturated heterocycles. The molecule has 3 aromatic heterocycles. The van der Waals surface area contributed by atoms with Gasteiger partial charge in [-0.2, -0.15) is 4.37 Å². The molecule has 2 amide bonds. The molecule has 33 heavy (non-hydrogen) atoms. The quantitative estimate of drug-likeness (QED) is 0.573. The van der Waals surface area contributed by atoms with Gasteiger partial charge in [-0.05, 0) is 62.2 Å². The molecule has 0 aromatic carbocycles. The summed E-state index contributed by atoms with van der Waals surface area (Å²) >= 11 is 1.47. The number of anilines is 1. The van der Waals surface area contributed by atoms with Crippen LogP contribution in [0.3, 0.4) is 0 Å². The summed E-state index contributed by atoms with van der Waals surface area (Å²) in [7, 11) is 1.65. The lowest BCUT2D eigenvalue weighted by molar-refractivity contribution is -0.119. The number of pyridine rings is 1. The lowest BCUT2D eigenvalue weighted by Crippen LogP contribution is -2.49. The highest BCUT2D eigenvalue weighted by atomic mass is 32.1. The van der Waals surface area contributed by atoms with E-state index in [1.54, 1.807) is 19.3 Å². The Hall–Kier alpha value is -3.14. The fraction of sp³-hybridized carbons (Fsp3) is 0.478. The molecule has 0 spiro atoms. The van der Waals surface area contributed by atoms with Crippen LogP contribution in [0.5, 0.6) is 0 Å². The van der Waals surface area contributed by atoms with Gasteiger partial charge in [0.25, 0.3) is 5.91 Å². The van der Waals surface area contributed by atoms with Crippen LogP contribution in [0.2, 0.25) is 0 Å². The Bertz CT molecular complexity index is 1110. The molecule has 1 fully saturated rings. The number of hydrogen-bond acceptors (Lipinski definition) is 7. The normalized spacial score (nSPS) is 19.2. The Balaban J connectivity index is 1.51. The maximum absolute atomic E-state index is 13.3. The molecule has 3 heterocycles. The molecule has 1 aliphatic rings. The average molecular weight is 468 g/mol. The smallest absolute Gasteiger partial charge is 0.271 e. The first-order valence-electron chi connectivity index (χ1n) is 11.2. The van der Waals surface area contributed by atoms with Gasteiger partial charge in [-0.3, -0.25) is 9.59 Å². The molecule has 1 atom stereocenters. The zero-order valence-corrected chi connectivity index (χ0v) is 20.1. The summed E-state index contributed by atoms with van der Waals surface area (Å²) in [4.78, 5) is 31.7. The molecule has 0 aliphatic heterocycles. The maximum Gasteiger partial charge on any atom is 0.271 e. The molecule has 1 aliphatic carbocycles. The van der Waals surface area contributed by atoms with E-state index in [4.69, 9.17) is 0 Å². The fourth-order valence-corrected chi connectivity index (χ4v) is 5.16. The van der Waals surface area contributed by atoms with Gasteiger partial charge in [0.1, 0.15) is 17.6 Å². The molecule has 0 unspecified atom stereocenters. The third kappa shape index (κ3) is 5.11. The van der Waals surface area contributed by atoms with Crippen molar-refractivity contribution in [3.8, 4) is 11.1 Å². The highest BCUT2D eigenvalue weighted by Crippen LogP contribution is 2.32. The first-order valence-corrected chi connectivity index (χ1v) is 12.0. The summed E-state index contributed by atoms with van der Waals surface area (Å²) in [5.41, 5.74) is 3.33. The van der Waals surface area contributed by atoms with Crippen molar-refractivity contribution in [3.05, 3.63) is 40.8 Å². The molecule has 0 radical (unpaired) electrons. The van der Waals surface area contributed by atoms with Gasteiger partial charge in [0.05, 0.1) is 11.9 Å². The van der Waals surface area contributed by atoms with Crippen LogP contribution in [0.1, 0.15) is 53.7 Å². The third-order valence-corrected chi connectivity index (χ3v) is 7.23. The highest BCUT2D eigenvalue weighted by molar-refractivity contribution is 7.06. The van der Waals surface area contributed by atoms with Crippen LogP contribution in [0.15, 0.2) is 24.5 Å². The van der Waals surface area contributed by atoms with Crippen molar-refractivity contribution < 1.29 is 9.59 Å². The largest absolute Gasteiger partial charge is 0.339 e. The summed E-state index contributed by atoms with van der Waals surface area (Å²) in [6.07, 6.45) is 7.00. The van der Waals surface area contributed by atoms with Crippen LogP contribution in [-0.4, -0.2) is 42.2 Å². The van der Waals surface area contributed by atoms with Crippen molar-refractivity contribution in [1.29, 1.82) is 0 Å². The number of aryl methyl sites for hydroxylation is 3. The summed E-state index contributed by atoms with van der Waals surface area (Å²) in [5.74, 6) is 0.527. The predicted octanol–water partition coefficient (Wildman–Crippen LogP) is 3.51. The lowest BCUT2D eigenvalue weighted by atomic mass is 9.79. The Morgan fingerprint density at radius 2 is 1.91 bits per heavy atom. The van der Waals surface area contributed by atoms with Gasteiger partial charge in [-0.1, -0.05) is 25.0 Å². The Labute approximate surface area is 197 Å². The van der Waals surface area contributed by atoms with Crippen molar-refractivity contribution in [2.75, 3.05) is 5.32 Å². The van der Waals surface area contributed by atoms with Crippen molar-refractivity contribution in [3.63, 3.8) is 0 Å². The van der Waals surface area contributed by atoms with Crippen LogP contribution in [0.4, 0.5) is 5.82 Å². The number of hydrogen-bond donors (Lipinski definition) is 2. The van der Waals surface area contributed by atoms with Gasteiger partial charge in [-0.25, -0.2) is 9.67 Å². The Morgan fingerprint density at radius 3 is 2.48 bits per heavy atom. The van der Waals surface area contributed by atoms with Gasteiger partial charge in [0, 0.05) is 29.2 Å². The van der Waals surface area contributed by atoms with Crippen LogP contribution in [0.25, 0.3) is 11.1 Å². The minimum absolute atomic E-state index is 0.0628. The molecule has 2 N–H and O–H groups in total. The van der Waals surface area contributed by atoms with Crippen LogP contribution < -0.4 is 10.6 Å². The minimum atomic E-state index is -0.660. The molecular weight excluding hydrogens is 438 g/mol. The molecule has 0 bridgehead atoms. The zero-order valence-electron chi connectivity index (χ0n) is 19.3. The van der Waals surface area contributed by atoms with E-state index in [0.717, 1.165) is 47.4 Å². The Kier molecular flexibility index (Phi) is 6.83. The number of rotatable bonds is 6. The third-order valence-electron chi connectivity index (χ3n) is 6.38. The fourth-order valence-electron chi connectivity index (χ4n) is 4.44. The number of carbonyl (C=O) groups is 2. The lowest BCUT2D eigenvalue weighted by Gasteiger charge is -2.32. The van der Waals surface area contributed by atoms with Crippen molar-refractivity contribution in [1.82, 2.24) is 29.7 Å². The second-order valence-corrected chi connectivity index (χ2v) is 9.81. The Morgan fingerprint density at radius 1 is 1.15 bits per heavy atom. The average Bonchev–Trinajstić information content (AvgIpc) is 3.38. The first kappa shape index (κ1) is 23.0. The van der Waals surface area contributed by atoms with E-state index in [2.05, 4.69) is 37.2 Å². The number of nitrogens with zero attached hydrogens (tertiary/aromatic N) is 5.